The average Bonchev–Trinajstić information content (AvgIpc) is 3.07. The summed E-state index contributed by atoms with van der Waals surface area (Å²) in [6, 6.07) is 5.51. The van der Waals surface area contributed by atoms with Gasteiger partial charge < -0.3 is 9.30 Å². The minimum atomic E-state index is -3.02. The lowest BCUT2D eigenvalue weighted by molar-refractivity contribution is 0.0920. The molecule has 5 nitrogen and oxygen atoms in total. The highest BCUT2D eigenvalue weighted by atomic mass is 35.5. The van der Waals surface area contributed by atoms with E-state index in [4.69, 9.17) is 16.3 Å². The van der Waals surface area contributed by atoms with Crippen molar-refractivity contribution in [2.24, 2.45) is 0 Å². The van der Waals surface area contributed by atoms with Crippen LogP contribution in [0.4, 0.5) is 4.39 Å². The van der Waals surface area contributed by atoms with Crippen LogP contribution in [0.5, 0.6) is 5.75 Å². The van der Waals surface area contributed by atoms with Gasteiger partial charge in [0.2, 0.25) is 5.78 Å². The van der Waals surface area contributed by atoms with E-state index in [1.165, 1.54) is 18.2 Å². The molecule has 1 saturated heterocycles. The topological polar surface area (TPSA) is 65.4 Å². The first-order valence-electron chi connectivity index (χ1n) is 8.18. The number of carbonyl (C=O) groups excluding carboxylic acids is 1. The Morgan fingerprint density at radius 3 is 2.69 bits per heavy atom. The predicted octanol–water partition coefficient (Wildman–Crippen LogP) is 3.52. The highest BCUT2D eigenvalue weighted by molar-refractivity contribution is 7.91. The molecule has 2 aromatic rings. The Morgan fingerprint density at radius 1 is 1.35 bits per heavy atom. The maximum atomic E-state index is 13.2. The number of aromatic nitrogens is 1. The van der Waals surface area contributed by atoms with E-state index in [0.717, 1.165) is 11.4 Å². The maximum absolute atomic E-state index is 13.2. The zero-order valence-electron chi connectivity index (χ0n) is 14.5. The van der Waals surface area contributed by atoms with Crippen LogP contribution in [0.25, 0.3) is 0 Å². The molecule has 0 saturated carbocycles. The molecule has 0 unspecified atom stereocenters. The molecule has 2 heterocycles. The number of hydrogen-bond acceptors (Lipinski definition) is 4. The zero-order chi connectivity index (χ0) is 19.1. The van der Waals surface area contributed by atoms with Gasteiger partial charge in [-0.1, -0.05) is 11.6 Å². The van der Waals surface area contributed by atoms with Crippen LogP contribution in [0.2, 0.25) is 5.02 Å². The van der Waals surface area contributed by atoms with Crippen molar-refractivity contribution in [1.82, 2.24) is 4.57 Å². The van der Waals surface area contributed by atoms with E-state index in [2.05, 4.69) is 0 Å². The first-order chi connectivity index (χ1) is 12.2. The van der Waals surface area contributed by atoms with Gasteiger partial charge in [-0.2, -0.15) is 0 Å². The quantitative estimate of drug-likeness (QED) is 0.721. The van der Waals surface area contributed by atoms with Gasteiger partial charge in [-0.15, -0.1) is 0 Å². The lowest BCUT2D eigenvalue weighted by Gasteiger charge is -2.16. The van der Waals surface area contributed by atoms with Gasteiger partial charge in [0.1, 0.15) is 11.6 Å². The van der Waals surface area contributed by atoms with E-state index < -0.39 is 15.7 Å². The minimum Gasteiger partial charge on any atom is -0.485 e. The van der Waals surface area contributed by atoms with Gasteiger partial charge in [-0.3, -0.25) is 4.79 Å². The minimum absolute atomic E-state index is 0.0735. The van der Waals surface area contributed by atoms with E-state index in [-0.39, 0.29) is 35.0 Å². The molecule has 8 heteroatoms. The fraction of sp³-hybridized carbons (Fsp3) is 0.389. The van der Waals surface area contributed by atoms with Crippen LogP contribution in [0.15, 0.2) is 24.3 Å². The Morgan fingerprint density at radius 2 is 2.08 bits per heavy atom. The van der Waals surface area contributed by atoms with Crippen LogP contribution in [0.3, 0.4) is 0 Å². The summed E-state index contributed by atoms with van der Waals surface area (Å²) in [5.74, 6) is -0.208. The number of sulfone groups is 1. The summed E-state index contributed by atoms with van der Waals surface area (Å²) in [6.45, 7) is 3.45. The van der Waals surface area contributed by atoms with Crippen molar-refractivity contribution in [3.63, 3.8) is 0 Å². The monoisotopic (exact) mass is 399 g/mol. The maximum Gasteiger partial charge on any atom is 0.202 e. The summed E-state index contributed by atoms with van der Waals surface area (Å²) in [7, 11) is -3.02. The first-order valence-corrected chi connectivity index (χ1v) is 10.4. The number of carbonyl (C=O) groups is 1. The van der Waals surface area contributed by atoms with Crippen LogP contribution in [-0.4, -0.2) is 36.9 Å². The highest BCUT2D eigenvalue weighted by Gasteiger charge is 2.31. The standard InChI is InChI=1S/C18H19ClFNO4S/c1-11-7-15(12(2)21(11)13-5-6-26(23,24)10-13)18(22)9-25-14-3-4-17(20)16(19)8-14/h3-4,7-8,13H,5-6,9-10H2,1-2H3/t13-/m0/s1. The predicted molar refractivity (Wildman–Crippen MR) is 97.4 cm³/mol. The number of benzene rings is 1. The number of rotatable bonds is 5. The van der Waals surface area contributed by atoms with Gasteiger partial charge in [0.25, 0.3) is 0 Å². The zero-order valence-corrected chi connectivity index (χ0v) is 16.0. The summed E-state index contributed by atoms with van der Waals surface area (Å²) in [4.78, 5) is 12.5. The highest BCUT2D eigenvalue weighted by Crippen LogP contribution is 2.29. The molecule has 0 spiro atoms. The normalized spacial score (nSPS) is 18.8. The van der Waals surface area contributed by atoms with Crippen LogP contribution >= 0.6 is 11.6 Å². The van der Waals surface area contributed by atoms with Crippen LogP contribution < -0.4 is 4.74 Å². The molecule has 0 amide bonds. The van der Waals surface area contributed by atoms with Gasteiger partial charge in [0.15, 0.2) is 16.4 Å². The summed E-state index contributed by atoms with van der Waals surface area (Å²) in [5, 5.41) is -0.0735. The molecular weight excluding hydrogens is 381 g/mol. The van der Waals surface area contributed by atoms with E-state index >= 15 is 0 Å². The van der Waals surface area contributed by atoms with Crippen LogP contribution in [-0.2, 0) is 9.84 Å². The number of Topliss-reactive ketones (excluding diaryl/α,β-unsaturated/α-hetero) is 1. The first kappa shape index (κ1) is 18.9. The Kier molecular flexibility index (Phi) is 5.12. The third-order valence-corrected chi connectivity index (χ3v) is 6.66. The Bertz CT molecular complexity index is 968. The van der Waals surface area contributed by atoms with Crippen molar-refractivity contribution in [2.45, 2.75) is 26.3 Å². The SMILES string of the molecule is Cc1cc(C(=O)COc2ccc(F)c(Cl)c2)c(C)n1[C@H]1CCS(=O)(=O)C1. The van der Waals surface area contributed by atoms with Gasteiger partial charge in [-0.25, -0.2) is 12.8 Å². The summed E-state index contributed by atoms with van der Waals surface area (Å²) >= 11 is 5.70. The second-order valence-corrected chi connectivity index (χ2v) is 9.14. The Labute approximate surface area is 156 Å². The number of ether oxygens (including phenoxy) is 1. The van der Waals surface area contributed by atoms with Crippen molar-refractivity contribution >= 4 is 27.2 Å². The van der Waals surface area contributed by atoms with E-state index in [9.17, 15) is 17.6 Å². The van der Waals surface area contributed by atoms with E-state index in [0.29, 0.717) is 17.7 Å². The number of hydrogen-bond donors (Lipinski definition) is 0. The van der Waals surface area contributed by atoms with Crippen LogP contribution in [0, 0.1) is 19.7 Å². The molecule has 1 aromatic carbocycles. The largest absolute Gasteiger partial charge is 0.485 e. The molecular formula is C18H19ClFNO4S. The van der Waals surface area contributed by atoms with E-state index in [1.54, 1.807) is 13.0 Å². The molecule has 1 fully saturated rings. The number of nitrogens with zero attached hydrogens (tertiary/aromatic N) is 1. The molecule has 0 radical (unpaired) electrons. The number of halogens is 2. The van der Waals surface area contributed by atoms with Crippen LogP contribution in [0.1, 0.15) is 34.2 Å². The molecule has 140 valence electrons. The lowest BCUT2D eigenvalue weighted by atomic mass is 10.1. The third kappa shape index (κ3) is 3.78. The summed E-state index contributed by atoms with van der Waals surface area (Å²) in [5.41, 5.74) is 2.08. The molecule has 26 heavy (non-hydrogen) atoms. The van der Waals surface area contributed by atoms with Gasteiger partial charge in [0.05, 0.1) is 16.5 Å². The van der Waals surface area contributed by atoms with Gasteiger partial charge in [0, 0.05) is 29.1 Å². The summed E-state index contributed by atoms with van der Waals surface area (Å²) < 4.78 is 44.0. The third-order valence-electron chi connectivity index (χ3n) is 4.62. The molecule has 1 aliphatic rings. The molecule has 3 rings (SSSR count). The van der Waals surface area contributed by atoms with Crippen molar-refractivity contribution in [2.75, 3.05) is 18.1 Å². The molecule has 1 aliphatic heterocycles. The fourth-order valence-electron chi connectivity index (χ4n) is 3.39. The van der Waals surface area contributed by atoms with Crippen molar-refractivity contribution < 1.29 is 22.3 Å². The van der Waals surface area contributed by atoms with Crippen molar-refractivity contribution in [3.05, 3.63) is 52.1 Å². The van der Waals surface area contributed by atoms with Crippen molar-refractivity contribution in [1.29, 1.82) is 0 Å². The van der Waals surface area contributed by atoms with Crippen molar-refractivity contribution in [3.8, 4) is 5.75 Å². The Hall–Kier alpha value is -1.86. The molecule has 0 bridgehead atoms. The number of ketones is 1. The fourth-order valence-corrected chi connectivity index (χ4v) is 5.26. The van der Waals surface area contributed by atoms with E-state index in [1.807, 2.05) is 11.5 Å². The smallest absolute Gasteiger partial charge is 0.202 e. The van der Waals surface area contributed by atoms with Gasteiger partial charge >= 0.3 is 0 Å². The molecule has 1 atom stereocenters. The molecule has 1 aromatic heterocycles. The molecule has 0 aliphatic carbocycles. The number of aryl methyl sites for hydroxylation is 1. The second kappa shape index (κ2) is 7.04. The molecule has 0 N–H and O–H groups in total. The summed E-state index contributed by atoms with van der Waals surface area (Å²) in [6.07, 6.45) is 0.552. The second-order valence-electron chi connectivity index (χ2n) is 6.50. The van der Waals surface area contributed by atoms with Gasteiger partial charge in [-0.05, 0) is 38.5 Å². The Balaban J connectivity index is 1.76. The lowest BCUT2D eigenvalue weighted by Crippen LogP contribution is -2.16. The average molecular weight is 400 g/mol.